The highest BCUT2D eigenvalue weighted by atomic mass is 16.5. The van der Waals surface area contributed by atoms with Crippen LogP contribution in [0.25, 0.3) is 33.6 Å². The third kappa shape index (κ3) is 3.32. The quantitative estimate of drug-likeness (QED) is 0.466. The van der Waals surface area contributed by atoms with E-state index in [2.05, 4.69) is 31.3 Å². The van der Waals surface area contributed by atoms with Gasteiger partial charge in [-0.3, -0.25) is 4.68 Å². The Kier molecular flexibility index (Phi) is 4.51. The van der Waals surface area contributed by atoms with Crippen LogP contribution in [0, 0.1) is 0 Å². The molecule has 8 nitrogen and oxygen atoms in total. The van der Waals surface area contributed by atoms with Gasteiger partial charge in [0.1, 0.15) is 11.4 Å². The Morgan fingerprint density at radius 2 is 2.00 bits per heavy atom. The molecule has 0 aliphatic carbocycles. The monoisotopic (exact) mass is 400 g/mol. The molecule has 0 saturated heterocycles. The first-order chi connectivity index (χ1) is 14.7. The number of fused-ring (bicyclic) bond motifs is 1. The predicted octanol–water partition coefficient (Wildman–Crippen LogP) is 3.81. The molecule has 0 fully saturated rings. The van der Waals surface area contributed by atoms with Crippen LogP contribution in [0.3, 0.4) is 0 Å². The van der Waals surface area contributed by atoms with Gasteiger partial charge < -0.3 is 14.1 Å². The largest absolute Gasteiger partial charge is 0.496 e. The van der Waals surface area contributed by atoms with Crippen LogP contribution >= 0.6 is 0 Å². The zero-order valence-corrected chi connectivity index (χ0v) is 16.7. The second-order valence-electron chi connectivity index (χ2n) is 7.04. The Bertz CT molecular complexity index is 1320. The number of rotatable bonds is 6. The van der Waals surface area contributed by atoms with Crippen molar-refractivity contribution in [2.75, 3.05) is 7.11 Å². The van der Waals surface area contributed by atoms with Crippen molar-refractivity contribution in [1.82, 2.24) is 29.9 Å². The number of aryl methyl sites for hydroxylation is 3. The first-order valence-corrected chi connectivity index (χ1v) is 9.62. The van der Waals surface area contributed by atoms with Crippen LogP contribution < -0.4 is 4.74 Å². The number of nitrogens with zero attached hydrogens (tertiary/aromatic N) is 5. The number of H-pyrrole nitrogens is 1. The molecule has 0 spiro atoms. The zero-order valence-electron chi connectivity index (χ0n) is 16.7. The fraction of sp³-hybridized carbons (Fsp3) is 0.182. The summed E-state index contributed by atoms with van der Waals surface area (Å²) in [6.07, 6.45) is 8.84. The van der Waals surface area contributed by atoms with Gasteiger partial charge in [0.15, 0.2) is 0 Å². The number of methoxy groups -OCH3 is 1. The van der Waals surface area contributed by atoms with Crippen molar-refractivity contribution in [2.24, 2.45) is 7.05 Å². The lowest BCUT2D eigenvalue weighted by molar-refractivity contribution is 0.408. The first kappa shape index (κ1) is 18.1. The average molecular weight is 400 g/mol. The summed E-state index contributed by atoms with van der Waals surface area (Å²) in [5.74, 6) is 1.92. The lowest BCUT2D eigenvalue weighted by Gasteiger charge is -2.06. The van der Waals surface area contributed by atoms with E-state index in [9.17, 15) is 0 Å². The Hall–Kier alpha value is -3.94. The molecule has 0 amide bonds. The molecule has 0 unspecified atom stereocenters. The summed E-state index contributed by atoms with van der Waals surface area (Å²) >= 11 is 0. The minimum atomic E-state index is 0.474. The second kappa shape index (κ2) is 7.47. The molecule has 1 aromatic carbocycles. The van der Waals surface area contributed by atoms with Gasteiger partial charge in [-0.2, -0.15) is 5.10 Å². The molecule has 0 aliphatic rings. The molecule has 0 saturated carbocycles. The van der Waals surface area contributed by atoms with E-state index in [0.717, 1.165) is 45.5 Å². The fourth-order valence-corrected chi connectivity index (χ4v) is 3.52. The highest BCUT2D eigenvalue weighted by Crippen LogP contribution is 2.30. The van der Waals surface area contributed by atoms with Gasteiger partial charge in [0.25, 0.3) is 0 Å². The van der Waals surface area contributed by atoms with Crippen molar-refractivity contribution in [3.63, 3.8) is 0 Å². The highest BCUT2D eigenvalue weighted by Gasteiger charge is 2.16. The van der Waals surface area contributed by atoms with Crippen LogP contribution in [0.2, 0.25) is 0 Å². The van der Waals surface area contributed by atoms with Crippen molar-refractivity contribution >= 4 is 11.0 Å². The van der Waals surface area contributed by atoms with Crippen LogP contribution in [-0.4, -0.2) is 37.1 Å². The fourth-order valence-electron chi connectivity index (χ4n) is 3.52. The van der Waals surface area contributed by atoms with E-state index in [1.807, 2.05) is 56.1 Å². The maximum absolute atomic E-state index is 5.95. The van der Waals surface area contributed by atoms with E-state index >= 15 is 0 Å². The normalized spacial score (nSPS) is 11.3. The molecule has 30 heavy (non-hydrogen) atoms. The maximum Gasteiger partial charge on any atom is 0.249 e. The number of pyridine rings is 1. The molecule has 8 heteroatoms. The van der Waals surface area contributed by atoms with Crippen LogP contribution in [0.5, 0.6) is 5.75 Å². The van der Waals surface area contributed by atoms with Crippen molar-refractivity contribution in [3.8, 4) is 28.3 Å². The third-order valence-corrected chi connectivity index (χ3v) is 5.07. The summed E-state index contributed by atoms with van der Waals surface area (Å²) in [4.78, 5) is 7.69. The number of hydrogen-bond acceptors (Lipinski definition) is 6. The Morgan fingerprint density at radius 3 is 2.83 bits per heavy atom. The van der Waals surface area contributed by atoms with Gasteiger partial charge in [-0.1, -0.05) is 18.2 Å². The number of aromatic nitrogens is 6. The van der Waals surface area contributed by atoms with Crippen LogP contribution in [0.1, 0.15) is 11.5 Å². The molecule has 4 aromatic heterocycles. The van der Waals surface area contributed by atoms with Gasteiger partial charge in [0.2, 0.25) is 11.8 Å². The van der Waals surface area contributed by atoms with Gasteiger partial charge in [0.05, 0.1) is 18.9 Å². The summed E-state index contributed by atoms with van der Waals surface area (Å²) in [6, 6.07) is 10.0. The molecule has 4 heterocycles. The molecule has 5 rings (SSSR count). The summed E-state index contributed by atoms with van der Waals surface area (Å²) in [6.45, 7) is 0. The van der Waals surface area contributed by atoms with Gasteiger partial charge in [-0.15, -0.1) is 10.2 Å². The molecule has 150 valence electrons. The standard InChI is InChI=1S/C22H20N6O2/c1-28-13-16(11-25-28)15-9-17-18(12-24-21(17)23-10-15)22-27-26-20(30-22)8-7-14-5-3-4-6-19(14)29-2/h3-6,9-13H,7-8H2,1-2H3,(H,23,24). The van der Waals surface area contributed by atoms with Crippen molar-refractivity contribution in [1.29, 1.82) is 0 Å². The minimum absolute atomic E-state index is 0.474. The zero-order chi connectivity index (χ0) is 20.5. The van der Waals surface area contributed by atoms with E-state index in [1.54, 1.807) is 11.8 Å². The summed E-state index contributed by atoms with van der Waals surface area (Å²) in [5.41, 5.74) is 4.69. The number of benzene rings is 1. The maximum atomic E-state index is 5.95. The molecule has 0 aliphatic heterocycles. The number of aromatic amines is 1. The lowest BCUT2D eigenvalue weighted by atomic mass is 10.1. The second-order valence-corrected chi connectivity index (χ2v) is 7.04. The van der Waals surface area contributed by atoms with Crippen LogP contribution in [0.15, 0.2) is 59.5 Å². The lowest BCUT2D eigenvalue weighted by Crippen LogP contribution is -1.95. The summed E-state index contributed by atoms with van der Waals surface area (Å²) in [7, 11) is 3.57. The van der Waals surface area contributed by atoms with E-state index in [4.69, 9.17) is 9.15 Å². The van der Waals surface area contributed by atoms with Crippen LogP contribution in [0.4, 0.5) is 0 Å². The summed E-state index contributed by atoms with van der Waals surface area (Å²) < 4.78 is 13.1. The number of ether oxygens (including phenoxy) is 1. The number of hydrogen-bond donors (Lipinski definition) is 1. The molecule has 1 N–H and O–H groups in total. The topological polar surface area (TPSA) is 94.7 Å². The van der Waals surface area contributed by atoms with Gasteiger partial charge >= 0.3 is 0 Å². The average Bonchev–Trinajstić information content (AvgIpc) is 3.51. The van der Waals surface area contributed by atoms with Crippen LogP contribution in [-0.2, 0) is 19.9 Å². The van der Waals surface area contributed by atoms with Crippen molar-refractivity contribution in [2.45, 2.75) is 12.8 Å². The van der Waals surface area contributed by atoms with Gasteiger partial charge in [-0.05, 0) is 24.1 Å². The molecule has 5 aromatic rings. The number of para-hydroxylation sites is 1. The molecule has 0 atom stereocenters. The minimum Gasteiger partial charge on any atom is -0.496 e. The Labute approximate surface area is 172 Å². The predicted molar refractivity (Wildman–Crippen MR) is 112 cm³/mol. The van der Waals surface area contributed by atoms with Crippen molar-refractivity contribution in [3.05, 3.63) is 66.6 Å². The summed E-state index contributed by atoms with van der Waals surface area (Å²) in [5, 5.41) is 13.6. The Balaban J connectivity index is 1.41. The first-order valence-electron chi connectivity index (χ1n) is 9.62. The van der Waals surface area contributed by atoms with Crippen molar-refractivity contribution < 1.29 is 9.15 Å². The SMILES string of the molecule is COc1ccccc1CCc1nnc(-c2c[nH]c3ncc(-c4cnn(C)c4)cc23)o1. The van der Waals surface area contributed by atoms with Gasteiger partial charge in [0, 0.05) is 48.6 Å². The third-order valence-electron chi connectivity index (χ3n) is 5.07. The highest BCUT2D eigenvalue weighted by molar-refractivity contribution is 5.93. The van der Waals surface area contributed by atoms with E-state index in [1.165, 1.54) is 0 Å². The van der Waals surface area contributed by atoms with E-state index in [-0.39, 0.29) is 0 Å². The Morgan fingerprint density at radius 1 is 1.10 bits per heavy atom. The molecule has 0 radical (unpaired) electrons. The molecule has 0 bridgehead atoms. The smallest absolute Gasteiger partial charge is 0.249 e. The number of nitrogens with one attached hydrogen (secondary N) is 1. The molecular weight excluding hydrogens is 380 g/mol. The molecular formula is C22H20N6O2. The van der Waals surface area contributed by atoms with E-state index < -0.39 is 0 Å². The van der Waals surface area contributed by atoms with Gasteiger partial charge in [-0.25, -0.2) is 4.98 Å². The van der Waals surface area contributed by atoms with E-state index in [0.29, 0.717) is 18.2 Å².